The predicted molar refractivity (Wildman–Crippen MR) is 75.5 cm³/mol. The molecule has 0 radical (unpaired) electrons. The summed E-state index contributed by atoms with van der Waals surface area (Å²) in [6, 6.07) is 0. The molecule has 1 aromatic rings. The number of hydrogen-bond donors (Lipinski definition) is 1. The summed E-state index contributed by atoms with van der Waals surface area (Å²) in [6.07, 6.45) is 1.69. The lowest BCUT2D eigenvalue weighted by molar-refractivity contribution is -0.138. The number of aryl methyl sites for hydroxylation is 2. The summed E-state index contributed by atoms with van der Waals surface area (Å²) in [5.74, 6) is -0.817. The van der Waals surface area contributed by atoms with Crippen molar-refractivity contribution in [2.45, 2.75) is 46.7 Å². The van der Waals surface area contributed by atoms with Gasteiger partial charge in [-0.3, -0.25) is 14.4 Å². The molecule has 0 fully saturated rings. The Balaban J connectivity index is 2.94. The molecule has 0 aliphatic rings. The van der Waals surface area contributed by atoms with Crippen LogP contribution in [0.5, 0.6) is 0 Å². The van der Waals surface area contributed by atoms with Crippen molar-refractivity contribution in [3.8, 4) is 0 Å². The van der Waals surface area contributed by atoms with Gasteiger partial charge in [0, 0.05) is 13.1 Å². The Morgan fingerprint density at radius 2 is 2.11 bits per heavy atom. The maximum Gasteiger partial charge on any atom is 0.317 e. The molecule has 1 rings (SSSR count). The minimum absolute atomic E-state index is 0.0283. The number of carboxylic acids is 1. The Bertz CT molecular complexity index is 432. The number of hydrogen-bond acceptors (Lipinski definition) is 3. The lowest BCUT2D eigenvalue weighted by Gasteiger charge is -2.20. The third kappa shape index (κ3) is 4.21. The highest BCUT2D eigenvalue weighted by Crippen LogP contribution is 2.23. The normalized spacial score (nSPS) is 11.2. The molecular weight excluding hydrogens is 266 g/mol. The molecule has 0 spiro atoms. The first-order valence-electron chi connectivity index (χ1n) is 6.71. The molecule has 6 heteroatoms. The highest BCUT2D eigenvalue weighted by atomic mass is 35.5. The fourth-order valence-corrected chi connectivity index (χ4v) is 2.43. The molecule has 1 heterocycles. The number of carboxylic acid groups (broad SMARTS) is 1. The average molecular weight is 288 g/mol. The number of aromatic nitrogens is 2. The van der Waals surface area contributed by atoms with Crippen LogP contribution in [0.4, 0.5) is 0 Å². The summed E-state index contributed by atoms with van der Waals surface area (Å²) in [5, 5.41) is 14.1. The van der Waals surface area contributed by atoms with Crippen LogP contribution in [0.3, 0.4) is 0 Å². The molecule has 0 aromatic carbocycles. The molecule has 19 heavy (non-hydrogen) atoms. The molecule has 0 atom stereocenters. The molecular formula is C13H22ClN3O2. The van der Waals surface area contributed by atoms with Crippen LogP contribution < -0.4 is 0 Å². The molecule has 0 bridgehead atoms. The van der Waals surface area contributed by atoms with Crippen molar-refractivity contribution in [1.29, 1.82) is 0 Å². The molecule has 1 N–H and O–H groups in total. The third-order valence-electron chi connectivity index (χ3n) is 2.97. The summed E-state index contributed by atoms with van der Waals surface area (Å²) < 4.78 is 1.87. The Labute approximate surface area is 119 Å². The maximum absolute atomic E-state index is 10.9. The van der Waals surface area contributed by atoms with Crippen LogP contribution >= 0.6 is 11.6 Å². The van der Waals surface area contributed by atoms with E-state index < -0.39 is 5.97 Å². The molecule has 0 unspecified atom stereocenters. The van der Waals surface area contributed by atoms with E-state index in [1.807, 2.05) is 30.4 Å². The van der Waals surface area contributed by atoms with Gasteiger partial charge in [-0.25, -0.2) is 0 Å². The van der Waals surface area contributed by atoms with Crippen LogP contribution in [-0.2, 0) is 24.3 Å². The van der Waals surface area contributed by atoms with Crippen molar-refractivity contribution in [2.75, 3.05) is 13.1 Å². The van der Waals surface area contributed by atoms with Gasteiger partial charge in [0.25, 0.3) is 0 Å². The monoisotopic (exact) mass is 287 g/mol. The number of aliphatic carboxylic acids is 1. The highest BCUT2D eigenvalue weighted by Gasteiger charge is 2.18. The second kappa shape index (κ2) is 7.50. The molecule has 5 nitrogen and oxygen atoms in total. The molecule has 1 aromatic heterocycles. The van der Waals surface area contributed by atoms with Crippen molar-refractivity contribution < 1.29 is 9.90 Å². The number of rotatable bonds is 8. The van der Waals surface area contributed by atoms with Crippen LogP contribution in [0.15, 0.2) is 0 Å². The van der Waals surface area contributed by atoms with Gasteiger partial charge in [-0.1, -0.05) is 25.4 Å². The zero-order valence-corrected chi connectivity index (χ0v) is 12.6. The van der Waals surface area contributed by atoms with E-state index in [2.05, 4.69) is 5.10 Å². The third-order valence-corrected chi connectivity index (χ3v) is 3.40. The first kappa shape index (κ1) is 16.0. The predicted octanol–water partition coefficient (Wildman–Crippen LogP) is 2.42. The molecule has 0 aliphatic carbocycles. The van der Waals surface area contributed by atoms with Gasteiger partial charge >= 0.3 is 5.97 Å². The summed E-state index contributed by atoms with van der Waals surface area (Å²) in [4.78, 5) is 12.8. The first-order chi connectivity index (χ1) is 9.03. The average Bonchev–Trinajstić information content (AvgIpc) is 2.66. The van der Waals surface area contributed by atoms with Gasteiger partial charge in [-0.2, -0.15) is 5.10 Å². The Morgan fingerprint density at radius 1 is 1.42 bits per heavy atom. The zero-order chi connectivity index (χ0) is 14.4. The van der Waals surface area contributed by atoms with Gasteiger partial charge in [-0.05, 0) is 26.3 Å². The summed E-state index contributed by atoms with van der Waals surface area (Å²) in [7, 11) is 0. The lowest BCUT2D eigenvalue weighted by atomic mass is 10.2. The fourth-order valence-electron chi connectivity index (χ4n) is 2.10. The Kier molecular flexibility index (Phi) is 6.31. The smallest absolute Gasteiger partial charge is 0.317 e. The molecule has 108 valence electrons. The zero-order valence-electron chi connectivity index (χ0n) is 11.8. The number of nitrogens with zero attached hydrogens (tertiary/aromatic N) is 3. The number of carbonyl (C=O) groups is 1. The largest absolute Gasteiger partial charge is 0.480 e. The van der Waals surface area contributed by atoms with Gasteiger partial charge in [0.15, 0.2) is 0 Å². The van der Waals surface area contributed by atoms with E-state index in [0.717, 1.165) is 37.3 Å². The first-order valence-corrected chi connectivity index (χ1v) is 7.09. The topological polar surface area (TPSA) is 58.4 Å². The summed E-state index contributed by atoms with van der Waals surface area (Å²) in [6.45, 7) is 8.08. The maximum atomic E-state index is 10.9. The Morgan fingerprint density at radius 3 is 2.58 bits per heavy atom. The molecule has 0 saturated carbocycles. The van der Waals surface area contributed by atoms with E-state index in [4.69, 9.17) is 16.7 Å². The summed E-state index contributed by atoms with van der Waals surface area (Å²) in [5.41, 5.74) is 1.79. The van der Waals surface area contributed by atoms with Gasteiger partial charge in [0.2, 0.25) is 0 Å². The van der Waals surface area contributed by atoms with E-state index in [-0.39, 0.29) is 6.54 Å². The van der Waals surface area contributed by atoms with E-state index in [9.17, 15) is 4.79 Å². The minimum Gasteiger partial charge on any atom is -0.480 e. The van der Waals surface area contributed by atoms with E-state index in [1.54, 1.807) is 0 Å². The van der Waals surface area contributed by atoms with E-state index in [0.29, 0.717) is 11.6 Å². The van der Waals surface area contributed by atoms with Crippen molar-refractivity contribution in [3.63, 3.8) is 0 Å². The van der Waals surface area contributed by atoms with Gasteiger partial charge in [0.05, 0.1) is 23.0 Å². The van der Waals surface area contributed by atoms with Crippen molar-refractivity contribution >= 4 is 17.6 Å². The fraction of sp³-hybridized carbons (Fsp3) is 0.692. The van der Waals surface area contributed by atoms with Crippen LogP contribution in [-0.4, -0.2) is 38.8 Å². The second-order valence-corrected chi connectivity index (χ2v) is 4.86. The van der Waals surface area contributed by atoms with Crippen LogP contribution in [0.2, 0.25) is 5.02 Å². The van der Waals surface area contributed by atoms with Crippen LogP contribution in [0.25, 0.3) is 0 Å². The molecule has 0 saturated heterocycles. The van der Waals surface area contributed by atoms with Gasteiger partial charge < -0.3 is 5.11 Å². The van der Waals surface area contributed by atoms with Crippen LogP contribution in [0.1, 0.15) is 38.6 Å². The van der Waals surface area contributed by atoms with Crippen LogP contribution in [0, 0.1) is 0 Å². The van der Waals surface area contributed by atoms with Gasteiger partial charge in [0.1, 0.15) is 0 Å². The summed E-state index contributed by atoms with van der Waals surface area (Å²) >= 11 is 6.33. The number of halogens is 1. The molecule has 0 amide bonds. The highest BCUT2D eigenvalue weighted by molar-refractivity contribution is 6.31. The van der Waals surface area contributed by atoms with E-state index >= 15 is 0 Å². The standard InChI is InChI=1S/C13H22ClN3O2/c1-4-7-16(9-12(18)19)8-11-13(14)10(5-2)15-17(11)6-3/h4-9H2,1-3H3,(H,18,19). The SMILES string of the molecule is CCCN(CC(=O)O)Cc1c(Cl)c(CC)nn1CC. The van der Waals surface area contributed by atoms with E-state index in [1.165, 1.54) is 0 Å². The van der Waals surface area contributed by atoms with Gasteiger partial charge in [-0.15, -0.1) is 0 Å². The van der Waals surface area contributed by atoms with Crippen molar-refractivity contribution in [1.82, 2.24) is 14.7 Å². The molecule has 0 aliphatic heterocycles. The van der Waals surface area contributed by atoms with Crippen molar-refractivity contribution in [3.05, 3.63) is 16.4 Å². The minimum atomic E-state index is -0.817. The second-order valence-electron chi connectivity index (χ2n) is 4.48. The Hall–Kier alpha value is -1.07. The quantitative estimate of drug-likeness (QED) is 0.798. The van der Waals surface area contributed by atoms with Crippen molar-refractivity contribution in [2.24, 2.45) is 0 Å². The lowest BCUT2D eigenvalue weighted by Crippen LogP contribution is -2.31.